The van der Waals surface area contributed by atoms with Crippen LogP contribution in [-0.4, -0.2) is 57.0 Å². The number of hydrogen-bond donors (Lipinski definition) is 3. The van der Waals surface area contributed by atoms with Crippen LogP contribution >= 0.6 is 0 Å². The van der Waals surface area contributed by atoms with Crippen molar-refractivity contribution in [1.82, 2.24) is 16.0 Å². The van der Waals surface area contributed by atoms with Crippen molar-refractivity contribution < 1.29 is 19.1 Å². The second-order valence-electron chi connectivity index (χ2n) is 6.80. The third-order valence-electron chi connectivity index (χ3n) is 4.19. The molecule has 0 aromatic heterocycles. The first-order valence-electron chi connectivity index (χ1n) is 9.23. The molecule has 0 aliphatic rings. The quantitative estimate of drug-likeness (QED) is 0.373. The maximum atomic E-state index is 12.2. The van der Waals surface area contributed by atoms with Gasteiger partial charge < -0.3 is 15.4 Å². The summed E-state index contributed by atoms with van der Waals surface area (Å²) in [5.41, 5.74) is 0.576. The molecular weight excluding hydrogens is 346 g/mol. The Balaban J connectivity index is 2.51. The number of esters is 1. The first-order chi connectivity index (χ1) is 12.9. The Morgan fingerprint density at radius 1 is 1.07 bits per heavy atom. The molecule has 150 valence electrons. The number of nitrogens with one attached hydrogen (secondary N) is 3. The van der Waals surface area contributed by atoms with Crippen molar-refractivity contribution in [2.24, 2.45) is 5.92 Å². The van der Waals surface area contributed by atoms with Crippen LogP contribution in [0.5, 0.6) is 0 Å². The Morgan fingerprint density at radius 3 is 2.30 bits per heavy atom. The molecule has 0 spiro atoms. The van der Waals surface area contributed by atoms with Crippen molar-refractivity contribution in [1.29, 1.82) is 0 Å². The van der Waals surface area contributed by atoms with Crippen LogP contribution in [0.3, 0.4) is 0 Å². The van der Waals surface area contributed by atoms with Gasteiger partial charge in [-0.2, -0.15) is 0 Å². The highest BCUT2D eigenvalue weighted by Gasteiger charge is 2.22. The van der Waals surface area contributed by atoms with Crippen LogP contribution < -0.4 is 16.0 Å². The summed E-state index contributed by atoms with van der Waals surface area (Å²) >= 11 is 0. The molecule has 0 radical (unpaired) electrons. The van der Waals surface area contributed by atoms with E-state index in [1.165, 1.54) is 7.11 Å². The van der Waals surface area contributed by atoms with Gasteiger partial charge in [0.15, 0.2) is 5.78 Å². The standard InChI is InChI=1S/C20H31N3O4/c1-14(2)12-17(21-3)19(25)22-11-10-16(20(26)27-4)23-13-18(24)15-8-6-5-7-9-15/h5-9,14,16-17,21,23H,10-13H2,1-4H3,(H,22,25)/t16-,17+/m1/s1. The van der Waals surface area contributed by atoms with Crippen LogP contribution in [0.1, 0.15) is 37.0 Å². The van der Waals surface area contributed by atoms with Gasteiger partial charge in [-0.25, -0.2) is 0 Å². The third-order valence-corrected chi connectivity index (χ3v) is 4.19. The van der Waals surface area contributed by atoms with Crippen molar-refractivity contribution in [3.05, 3.63) is 35.9 Å². The van der Waals surface area contributed by atoms with E-state index >= 15 is 0 Å². The van der Waals surface area contributed by atoms with Gasteiger partial charge in [0.1, 0.15) is 6.04 Å². The summed E-state index contributed by atoms with van der Waals surface area (Å²) in [5, 5.41) is 8.76. The summed E-state index contributed by atoms with van der Waals surface area (Å²) in [6, 6.07) is 7.93. The molecular formula is C20H31N3O4. The average molecular weight is 377 g/mol. The normalized spacial score (nSPS) is 13.1. The number of benzene rings is 1. The molecule has 1 amide bonds. The fourth-order valence-electron chi connectivity index (χ4n) is 2.68. The van der Waals surface area contributed by atoms with Crippen LogP contribution in [0, 0.1) is 5.92 Å². The van der Waals surface area contributed by atoms with E-state index in [1.807, 2.05) is 6.07 Å². The number of amides is 1. The molecule has 27 heavy (non-hydrogen) atoms. The summed E-state index contributed by atoms with van der Waals surface area (Å²) in [7, 11) is 3.05. The Morgan fingerprint density at radius 2 is 1.74 bits per heavy atom. The van der Waals surface area contributed by atoms with Gasteiger partial charge in [0.25, 0.3) is 0 Å². The van der Waals surface area contributed by atoms with Crippen molar-refractivity contribution in [2.75, 3.05) is 27.2 Å². The lowest BCUT2D eigenvalue weighted by Gasteiger charge is -2.20. The number of likely N-dealkylation sites (N-methyl/N-ethyl adjacent to an activating group) is 1. The molecule has 0 heterocycles. The zero-order chi connectivity index (χ0) is 20.2. The molecule has 0 saturated carbocycles. The molecule has 0 unspecified atom stereocenters. The zero-order valence-corrected chi connectivity index (χ0v) is 16.6. The molecule has 7 nitrogen and oxygen atoms in total. The minimum Gasteiger partial charge on any atom is -0.468 e. The van der Waals surface area contributed by atoms with E-state index in [2.05, 4.69) is 29.8 Å². The number of ether oxygens (including phenoxy) is 1. The minimum atomic E-state index is -0.666. The lowest BCUT2D eigenvalue weighted by atomic mass is 10.0. The molecule has 0 aliphatic carbocycles. The summed E-state index contributed by atoms with van der Waals surface area (Å²) in [5.74, 6) is -0.282. The number of ketones is 1. The summed E-state index contributed by atoms with van der Waals surface area (Å²) in [4.78, 5) is 36.3. The number of carbonyl (C=O) groups excluding carboxylic acids is 3. The number of carbonyl (C=O) groups is 3. The summed E-state index contributed by atoms with van der Waals surface area (Å²) in [6.07, 6.45) is 1.06. The van der Waals surface area contributed by atoms with E-state index in [0.717, 1.165) is 6.42 Å². The summed E-state index contributed by atoms with van der Waals surface area (Å²) in [6.45, 7) is 4.43. The Kier molecular flexibility index (Phi) is 10.3. The van der Waals surface area contributed by atoms with E-state index in [4.69, 9.17) is 4.74 Å². The number of rotatable bonds is 12. The largest absolute Gasteiger partial charge is 0.468 e. The first kappa shape index (κ1) is 22.8. The SMILES string of the molecule is CN[C@@H](CC(C)C)C(=O)NCC[C@@H](NCC(=O)c1ccccc1)C(=O)OC. The molecule has 1 aromatic rings. The van der Waals surface area contributed by atoms with Crippen molar-refractivity contribution in [3.63, 3.8) is 0 Å². The monoisotopic (exact) mass is 377 g/mol. The second-order valence-corrected chi connectivity index (χ2v) is 6.80. The topological polar surface area (TPSA) is 96.5 Å². The second kappa shape index (κ2) is 12.2. The van der Waals surface area contributed by atoms with Crippen molar-refractivity contribution >= 4 is 17.7 Å². The van der Waals surface area contributed by atoms with E-state index in [9.17, 15) is 14.4 Å². The molecule has 0 saturated heterocycles. The maximum Gasteiger partial charge on any atom is 0.322 e. The fourth-order valence-corrected chi connectivity index (χ4v) is 2.68. The molecule has 0 aliphatic heterocycles. The van der Waals surface area contributed by atoms with Crippen LogP contribution in [-0.2, 0) is 14.3 Å². The van der Waals surface area contributed by atoms with Crippen molar-refractivity contribution in [3.8, 4) is 0 Å². The average Bonchev–Trinajstić information content (AvgIpc) is 2.68. The summed E-state index contributed by atoms with van der Waals surface area (Å²) < 4.78 is 4.79. The molecule has 0 bridgehead atoms. The smallest absolute Gasteiger partial charge is 0.322 e. The van der Waals surface area contributed by atoms with Gasteiger partial charge in [-0.3, -0.25) is 19.7 Å². The van der Waals surface area contributed by atoms with Gasteiger partial charge in [0.2, 0.25) is 5.91 Å². The lowest BCUT2D eigenvalue weighted by molar-refractivity contribution is -0.143. The minimum absolute atomic E-state index is 0.0181. The van der Waals surface area contributed by atoms with Gasteiger partial charge >= 0.3 is 5.97 Å². The van der Waals surface area contributed by atoms with E-state index in [-0.39, 0.29) is 24.3 Å². The lowest BCUT2D eigenvalue weighted by Crippen LogP contribution is -2.46. The Bertz CT molecular complexity index is 605. The highest BCUT2D eigenvalue weighted by atomic mass is 16.5. The van der Waals surface area contributed by atoms with Gasteiger partial charge in [-0.15, -0.1) is 0 Å². The van der Waals surface area contributed by atoms with Gasteiger partial charge in [-0.1, -0.05) is 44.2 Å². The van der Waals surface area contributed by atoms with Gasteiger partial charge in [0.05, 0.1) is 19.7 Å². The predicted octanol–water partition coefficient (Wildman–Crippen LogP) is 1.14. The zero-order valence-electron chi connectivity index (χ0n) is 16.6. The molecule has 0 fully saturated rings. The predicted molar refractivity (Wildman–Crippen MR) is 105 cm³/mol. The highest BCUT2D eigenvalue weighted by molar-refractivity contribution is 5.97. The fraction of sp³-hybridized carbons (Fsp3) is 0.550. The molecule has 3 N–H and O–H groups in total. The third kappa shape index (κ3) is 8.32. The number of Topliss-reactive ketones (excluding diaryl/α,β-unsaturated/α-hetero) is 1. The molecule has 2 atom stereocenters. The first-order valence-corrected chi connectivity index (χ1v) is 9.23. The molecule has 1 aromatic carbocycles. The maximum absolute atomic E-state index is 12.2. The van der Waals surface area contributed by atoms with Crippen molar-refractivity contribution in [2.45, 2.75) is 38.8 Å². The number of methoxy groups -OCH3 is 1. The van der Waals surface area contributed by atoms with Gasteiger partial charge in [-0.05, 0) is 25.8 Å². The van der Waals surface area contributed by atoms with Crippen LogP contribution in [0.15, 0.2) is 30.3 Å². The Hall–Kier alpha value is -2.25. The van der Waals surface area contributed by atoms with Crippen LogP contribution in [0.4, 0.5) is 0 Å². The molecule has 1 rings (SSSR count). The van der Waals surface area contributed by atoms with Crippen LogP contribution in [0.25, 0.3) is 0 Å². The highest BCUT2D eigenvalue weighted by Crippen LogP contribution is 2.05. The Labute approximate surface area is 161 Å². The van der Waals surface area contributed by atoms with E-state index in [1.54, 1.807) is 31.3 Å². The van der Waals surface area contributed by atoms with E-state index < -0.39 is 12.0 Å². The van der Waals surface area contributed by atoms with Gasteiger partial charge in [0, 0.05) is 12.1 Å². The van der Waals surface area contributed by atoms with Crippen LogP contribution in [0.2, 0.25) is 0 Å². The molecule has 7 heteroatoms. The number of hydrogen-bond acceptors (Lipinski definition) is 6. The van der Waals surface area contributed by atoms with E-state index in [0.29, 0.717) is 24.4 Å².